The molecule has 1 saturated heterocycles. The summed E-state index contributed by atoms with van der Waals surface area (Å²) in [6.07, 6.45) is 5.48. The lowest BCUT2D eigenvalue weighted by Gasteiger charge is -2.28. The van der Waals surface area contributed by atoms with Gasteiger partial charge in [0.05, 0.1) is 0 Å². The molecule has 3 nitrogen and oxygen atoms in total. The fourth-order valence-corrected chi connectivity index (χ4v) is 2.86. The monoisotopic (exact) mass is 235 g/mol. The maximum Gasteiger partial charge on any atom is 0.0472 e. The maximum absolute atomic E-state index is 5.73. The topological polar surface area (TPSA) is 34.2 Å². The first-order chi connectivity index (χ1) is 8.24. The van der Waals surface area contributed by atoms with E-state index in [0.717, 1.165) is 0 Å². The highest BCUT2D eigenvalue weighted by molar-refractivity contribution is 5.18. The van der Waals surface area contributed by atoms with Crippen LogP contribution in [0.2, 0.25) is 0 Å². The lowest BCUT2D eigenvalue weighted by atomic mass is 10.2. The Hall–Kier alpha value is -0.800. The molecule has 0 saturated carbocycles. The summed E-state index contributed by atoms with van der Waals surface area (Å²) in [6, 6.07) is 4.90. The number of rotatable bonds is 3. The minimum absolute atomic E-state index is 0.512. The van der Waals surface area contributed by atoms with Gasteiger partial charge in [0.2, 0.25) is 0 Å². The van der Waals surface area contributed by atoms with E-state index in [2.05, 4.69) is 35.6 Å². The van der Waals surface area contributed by atoms with Gasteiger partial charge in [0.25, 0.3) is 0 Å². The minimum Gasteiger partial charge on any atom is -0.349 e. The molecule has 0 bridgehead atoms. The molecule has 1 atom stereocenters. The average Bonchev–Trinajstić information content (AvgIpc) is 2.57. The Labute approximate surface area is 105 Å². The Balaban J connectivity index is 2.11. The van der Waals surface area contributed by atoms with E-state index in [-0.39, 0.29) is 0 Å². The molecule has 2 N–H and O–H groups in total. The van der Waals surface area contributed by atoms with Crippen LogP contribution < -0.4 is 5.73 Å². The first-order valence-corrected chi connectivity index (χ1v) is 6.82. The molecule has 0 aromatic carbocycles. The minimum atomic E-state index is 0.512. The van der Waals surface area contributed by atoms with Crippen LogP contribution >= 0.6 is 0 Å². The summed E-state index contributed by atoms with van der Waals surface area (Å²) < 4.78 is 2.26. The zero-order chi connectivity index (χ0) is 12.3. The molecule has 17 heavy (non-hydrogen) atoms. The second kappa shape index (κ2) is 5.69. The zero-order valence-corrected chi connectivity index (χ0v) is 11.2. The van der Waals surface area contributed by atoms with E-state index in [9.17, 15) is 0 Å². The van der Waals surface area contributed by atoms with Gasteiger partial charge in [-0.3, -0.25) is 4.90 Å². The van der Waals surface area contributed by atoms with Crippen LogP contribution in [0.1, 0.15) is 50.0 Å². The average molecular weight is 235 g/mol. The second-order valence-electron chi connectivity index (χ2n) is 5.14. The molecule has 1 aromatic heterocycles. The van der Waals surface area contributed by atoms with Crippen LogP contribution in [0.4, 0.5) is 0 Å². The summed E-state index contributed by atoms with van der Waals surface area (Å²) in [7, 11) is 2.13. The first kappa shape index (κ1) is 12.7. The molecular formula is C14H25N3. The van der Waals surface area contributed by atoms with Gasteiger partial charge in [0, 0.05) is 31.0 Å². The van der Waals surface area contributed by atoms with E-state index in [1.54, 1.807) is 0 Å². The van der Waals surface area contributed by atoms with Crippen molar-refractivity contribution in [2.45, 2.75) is 45.2 Å². The number of likely N-dealkylation sites (tertiary alicyclic amines) is 1. The summed E-state index contributed by atoms with van der Waals surface area (Å²) in [5.41, 5.74) is 8.35. The Kier molecular flexibility index (Phi) is 4.24. The highest BCUT2D eigenvalue weighted by Gasteiger charge is 2.19. The largest absolute Gasteiger partial charge is 0.349 e. The first-order valence-electron chi connectivity index (χ1n) is 6.82. The molecule has 3 heteroatoms. The number of nitrogens with zero attached hydrogens (tertiary/aromatic N) is 2. The third-order valence-corrected chi connectivity index (χ3v) is 4.09. The third-order valence-electron chi connectivity index (χ3n) is 4.09. The zero-order valence-electron chi connectivity index (χ0n) is 11.2. The van der Waals surface area contributed by atoms with Crippen molar-refractivity contribution in [1.82, 2.24) is 9.47 Å². The Morgan fingerprint density at radius 3 is 2.35 bits per heavy atom. The molecule has 0 spiro atoms. The number of hydrogen-bond acceptors (Lipinski definition) is 2. The lowest BCUT2D eigenvalue weighted by molar-refractivity contribution is 0.212. The quantitative estimate of drug-likeness (QED) is 0.873. The van der Waals surface area contributed by atoms with Crippen LogP contribution in [-0.4, -0.2) is 22.6 Å². The van der Waals surface area contributed by atoms with Crippen molar-refractivity contribution in [1.29, 1.82) is 0 Å². The van der Waals surface area contributed by atoms with E-state index >= 15 is 0 Å². The molecule has 0 amide bonds. The van der Waals surface area contributed by atoms with Crippen molar-refractivity contribution in [3.8, 4) is 0 Å². The van der Waals surface area contributed by atoms with Gasteiger partial charge in [-0.1, -0.05) is 12.8 Å². The SMILES string of the molecule is CC(c1ccc(CN)n1C)N1CCCCCC1. The second-order valence-corrected chi connectivity index (χ2v) is 5.14. The standard InChI is InChI=1S/C14H25N3/c1-12(17-9-5-3-4-6-10-17)14-8-7-13(11-15)16(14)2/h7-8,12H,3-6,9-11,15H2,1-2H3. The third kappa shape index (κ3) is 2.72. The molecule has 1 unspecified atom stereocenters. The van der Waals surface area contributed by atoms with Crippen LogP contribution in [0.25, 0.3) is 0 Å². The van der Waals surface area contributed by atoms with Crippen LogP contribution in [0.3, 0.4) is 0 Å². The Bertz CT molecular complexity index is 348. The fraction of sp³-hybridized carbons (Fsp3) is 0.714. The molecular weight excluding hydrogens is 210 g/mol. The molecule has 2 rings (SSSR count). The molecule has 96 valence electrons. The van der Waals surface area contributed by atoms with E-state index in [1.165, 1.54) is 50.2 Å². The number of nitrogens with two attached hydrogens (primary N) is 1. The van der Waals surface area contributed by atoms with Gasteiger partial charge in [-0.2, -0.15) is 0 Å². The van der Waals surface area contributed by atoms with Crippen molar-refractivity contribution in [3.63, 3.8) is 0 Å². The van der Waals surface area contributed by atoms with E-state index in [0.29, 0.717) is 12.6 Å². The maximum atomic E-state index is 5.73. The molecule has 0 aliphatic carbocycles. The van der Waals surface area contributed by atoms with E-state index in [4.69, 9.17) is 5.73 Å². The van der Waals surface area contributed by atoms with Gasteiger partial charge in [-0.05, 0) is 45.0 Å². The Morgan fingerprint density at radius 1 is 1.18 bits per heavy atom. The van der Waals surface area contributed by atoms with E-state index in [1.807, 2.05) is 0 Å². The Morgan fingerprint density at radius 2 is 1.82 bits per heavy atom. The molecule has 2 heterocycles. The van der Waals surface area contributed by atoms with Crippen molar-refractivity contribution >= 4 is 0 Å². The molecule has 0 radical (unpaired) electrons. The van der Waals surface area contributed by atoms with Crippen molar-refractivity contribution < 1.29 is 0 Å². The van der Waals surface area contributed by atoms with Crippen LogP contribution in [0.5, 0.6) is 0 Å². The fourth-order valence-electron chi connectivity index (χ4n) is 2.86. The number of hydrogen-bond donors (Lipinski definition) is 1. The van der Waals surface area contributed by atoms with Gasteiger partial charge in [0.15, 0.2) is 0 Å². The van der Waals surface area contributed by atoms with Gasteiger partial charge >= 0.3 is 0 Å². The van der Waals surface area contributed by atoms with Crippen LogP contribution in [0, 0.1) is 0 Å². The predicted molar refractivity (Wildman–Crippen MR) is 71.8 cm³/mol. The molecule has 1 aliphatic heterocycles. The molecule has 1 aromatic rings. The van der Waals surface area contributed by atoms with Gasteiger partial charge < -0.3 is 10.3 Å². The molecule has 1 aliphatic rings. The summed E-state index contributed by atoms with van der Waals surface area (Å²) in [4.78, 5) is 2.61. The van der Waals surface area contributed by atoms with Crippen molar-refractivity contribution in [3.05, 3.63) is 23.5 Å². The lowest BCUT2D eigenvalue weighted by Crippen LogP contribution is -2.29. The van der Waals surface area contributed by atoms with Crippen LogP contribution in [-0.2, 0) is 13.6 Å². The van der Waals surface area contributed by atoms with Crippen molar-refractivity contribution in [2.24, 2.45) is 12.8 Å². The predicted octanol–water partition coefficient (Wildman–Crippen LogP) is 2.42. The van der Waals surface area contributed by atoms with E-state index < -0.39 is 0 Å². The normalized spacial score (nSPS) is 20.2. The van der Waals surface area contributed by atoms with Gasteiger partial charge in [0.1, 0.15) is 0 Å². The summed E-state index contributed by atoms with van der Waals surface area (Å²) in [5, 5.41) is 0. The summed E-state index contributed by atoms with van der Waals surface area (Å²) in [5.74, 6) is 0. The summed E-state index contributed by atoms with van der Waals surface area (Å²) in [6.45, 7) is 5.43. The van der Waals surface area contributed by atoms with Gasteiger partial charge in [-0.25, -0.2) is 0 Å². The van der Waals surface area contributed by atoms with Crippen molar-refractivity contribution in [2.75, 3.05) is 13.1 Å². The van der Waals surface area contributed by atoms with Crippen LogP contribution in [0.15, 0.2) is 12.1 Å². The highest BCUT2D eigenvalue weighted by Crippen LogP contribution is 2.24. The highest BCUT2D eigenvalue weighted by atomic mass is 15.2. The summed E-state index contributed by atoms with van der Waals surface area (Å²) >= 11 is 0. The van der Waals surface area contributed by atoms with Gasteiger partial charge in [-0.15, -0.1) is 0 Å². The number of aromatic nitrogens is 1. The molecule has 1 fully saturated rings. The smallest absolute Gasteiger partial charge is 0.0472 e.